The molecule has 1 saturated heterocycles. The molecule has 1 N–H and O–H groups in total. The second-order valence-electron chi connectivity index (χ2n) is 5.14. The van der Waals surface area contributed by atoms with E-state index in [4.69, 9.17) is 5.26 Å². The molecule has 5 nitrogen and oxygen atoms in total. The maximum Gasteiger partial charge on any atom is 0.152 e. The number of rotatable bonds is 6. The predicted molar refractivity (Wildman–Crippen MR) is 72.0 cm³/mol. The Balaban J connectivity index is 2.18. The van der Waals surface area contributed by atoms with Crippen molar-refractivity contribution < 1.29 is 8.42 Å². The van der Waals surface area contributed by atoms with Crippen LogP contribution in [-0.2, 0) is 9.84 Å². The van der Waals surface area contributed by atoms with Gasteiger partial charge in [-0.1, -0.05) is 0 Å². The molecule has 1 atom stereocenters. The lowest BCUT2D eigenvalue weighted by atomic mass is 9.97. The highest BCUT2D eigenvalue weighted by Gasteiger charge is 2.22. The molecule has 0 bridgehead atoms. The summed E-state index contributed by atoms with van der Waals surface area (Å²) in [5.41, 5.74) is -0.439. The third kappa shape index (κ3) is 4.92. The Kier molecular flexibility index (Phi) is 5.57. The van der Waals surface area contributed by atoms with Gasteiger partial charge in [0.25, 0.3) is 0 Å². The third-order valence-electron chi connectivity index (χ3n) is 3.64. The molecule has 1 aliphatic heterocycles. The van der Waals surface area contributed by atoms with E-state index in [9.17, 15) is 8.42 Å². The molecule has 1 rings (SSSR count). The molecule has 18 heavy (non-hydrogen) atoms. The lowest BCUT2D eigenvalue weighted by Gasteiger charge is -2.27. The van der Waals surface area contributed by atoms with Crippen molar-refractivity contribution in [2.24, 2.45) is 0 Å². The van der Waals surface area contributed by atoms with Crippen LogP contribution in [0.25, 0.3) is 0 Å². The van der Waals surface area contributed by atoms with Gasteiger partial charge in [-0.15, -0.1) is 0 Å². The number of hydrogen-bond donors (Lipinski definition) is 1. The van der Waals surface area contributed by atoms with Gasteiger partial charge in [0.15, 0.2) is 9.84 Å². The molecule has 0 aromatic carbocycles. The normalized spacial score (nSPS) is 23.2. The summed E-state index contributed by atoms with van der Waals surface area (Å²) in [4.78, 5) is 2.20. The Morgan fingerprint density at radius 2 is 1.94 bits per heavy atom. The fraction of sp³-hybridized carbons (Fsp3) is 0.917. The standard InChI is InChI=1S/C12H23N3O2S/c1-12(11-13,14-2)5-3-4-6-15-7-9-18(16,17)10-8-15/h14H,3-10H2,1-2H3. The molecule has 104 valence electrons. The molecular formula is C12H23N3O2S. The van der Waals surface area contributed by atoms with Crippen molar-refractivity contribution in [3.05, 3.63) is 0 Å². The first-order valence-corrected chi connectivity index (χ1v) is 8.26. The highest BCUT2D eigenvalue weighted by molar-refractivity contribution is 7.91. The molecule has 6 heteroatoms. The van der Waals surface area contributed by atoms with E-state index < -0.39 is 15.4 Å². The molecule has 0 aromatic rings. The van der Waals surface area contributed by atoms with Crippen LogP contribution in [0.3, 0.4) is 0 Å². The van der Waals surface area contributed by atoms with Crippen molar-refractivity contribution in [2.45, 2.75) is 31.7 Å². The van der Waals surface area contributed by atoms with Crippen LogP contribution in [0.4, 0.5) is 0 Å². The molecule has 1 unspecified atom stereocenters. The Morgan fingerprint density at radius 3 is 2.44 bits per heavy atom. The maximum atomic E-state index is 11.3. The molecule has 0 spiro atoms. The minimum atomic E-state index is -2.77. The summed E-state index contributed by atoms with van der Waals surface area (Å²) < 4.78 is 22.5. The van der Waals surface area contributed by atoms with E-state index in [0.717, 1.165) is 25.8 Å². The average molecular weight is 273 g/mol. The molecule has 0 saturated carbocycles. The second-order valence-corrected chi connectivity index (χ2v) is 7.45. The van der Waals surface area contributed by atoms with Gasteiger partial charge in [-0.3, -0.25) is 0 Å². The van der Waals surface area contributed by atoms with Gasteiger partial charge >= 0.3 is 0 Å². The van der Waals surface area contributed by atoms with Gasteiger partial charge in [-0.05, 0) is 39.8 Å². The summed E-state index contributed by atoms with van der Waals surface area (Å²) in [5, 5.41) is 12.0. The molecule has 1 fully saturated rings. The zero-order chi connectivity index (χ0) is 13.6. The fourth-order valence-electron chi connectivity index (χ4n) is 2.02. The Labute approximate surface area is 110 Å². The minimum absolute atomic E-state index is 0.291. The lowest BCUT2D eigenvalue weighted by molar-refractivity contribution is 0.283. The highest BCUT2D eigenvalue weighted by Crippen LogP contribution is 2.13. The molecular weight excluding hydrogens is 250 g/mol. The third-order valence-corrected chi connectivity index (χ3v) is 5.25. The summed E-state index contributed by atoms with van der Waals surface area (Å²) in [6, 6.07) is 2.27. The SMILES string of the molecule is CNC(C)(C#N)CCCCN1CCS(=O)(=O)CC1. The van der Waals surface area contributed by atoms with Crippen LogP contribution in [0.2, 0.25) is 0 Å². The van der Waals surface area contributed by atoms with E-state index in [2.05, 4.69) is 16.3 Å². The summed E-state index contributed by atoms with van der Waals surface area (Å²) in [6.45, 7) is 4.15. The molecule has 0 radical (unpaired) electrons. The van der Waals surface area contributed by atoms with E-state index in [-0.39, 0.29) is 0 Å². The highest BCUT2D eigenvalue weighted by atomic mass is 32.2. The van der Waals surface area contributed by atoms with E-state index in [0.29, 0.717) is 24.6 Å². The average Bonchev–Trinajstić information content (AvgIpc) is 2.36. The number of sulfone groups is 1. The van der Waals surface area contributed by atoms with Crippen molar-refractivity contribution in [1.29, 1.82) is 5.26 Å². The number of hydrogen-bond acceptors (Lipinski definition) is 5. The van der Waals surface area contributed by atoms with Crippen LogP contribution in [0.1, 0.15) is 26.2 Å². The van der Waals surface area contributed by atoms with Crippen LogP contribution in [0, 0.1) is 11.3 Å². The van der Waals surface area contributed by atoms with Gasteiger partial charge in [0.1, 0.15) is 5.54 Å². The largest absolute Gasteiger partial charge is 0.303 e. The quantitative estimate of drug-likeness (QED) is 0.709. The van der Waals surface area contributed by atoms with Crippen LogP contribution in [0.15, 0.2) is 0 Å². The van der Waals surface area contributed by atoms with Crippen molar-refractivity contribution >= 4 is 9.84 Å². The van der Waals surface area contributed by atoms with Crippen LogP contribution in [0.5, 0.6) is 0 Å². The van der Waals surface area contributed by atoms with Crippen molar-refractivity contribution in [1.82, 2.24) is 10.2 Å². The summed E-state index contributed by atoms with van der Waals surface area (Å²) in [5.74, 6) is 0.582. The van der Waals surface area contributed by atoms with Crippen LogP contribution < -0.4 is 5.32 Å². The zero-order valence-corrected chi connectivity index (χ0v) is 12.1. The first-order valence-electron chi connectivity index (χ1n) is 6.44. The fourth-order valence-corrected chi connectivity index (χ4v) is 3.30. The van der Waals surface area contributed by atoms with E-state index >= 15 is 0 Å². The molecule has 0 aliphatic carbocycles. The smallest absolute Gasteiger partial charge is 0.152 e. The molecule has 0 amide bonds. The van der Waals surface area contributed by atoms with Gasteiger partial charge in [0.2, 0.25) is 0 Å². The van der Waals surface area contributed by atoms with Gasteiger partial charge in [-0.2, -0.15) is 5.26 Å². The number of unbranched alkanes of at least 4 members (excludes halogenated alkanes) is 1. The Morgan fingerprint density at radius 1 is 1.33 bits per heavy atom. The van der Waals surface area contributed by atoms with Gasteiger partial charge in [0, 0.05) is 13.1 Å². The molecule has 0 aromatic heterocycles. The predicted octanol–water partition coefficient (Wildman–Crippen LogP) is 0.389. The Bertz CT molecular complexity index is 388. The first kappa shape index (κ1) is 15.4. The van der Waals surface area contributed by atoms with Crippen molar-refractivity contribution in [3.8, 4) is 6.07 Å². The van der Waals surface area contributed by atoms with E-state index in [1.165, 1.54) is 0 Å². The number of nitrogens with zero attached hydrogens (tertiary/aromatic N) is 2. The lowest BCUT2D eigenvalue weighted by Crippen LogP contribution is -2.41. The topological polar surface area (TPSA) is 73.2 Å². The van der Waals surface area contributed by atoms with Crippen molar-refractivity contribution in [3.63, 3.8) is 0 Å². The van der Waals surface area contributed by atoms with E-state index in [1.54, 1.807) is 7.05 Å². The first-order chi connectivity index (χ1) is 8.41. The van der Waals surface area contributed by atoms with Crippen LogP contribution >= 0.6 is 0 Å². The maximum absolute atomic E-state index is 11.3. The minimum Gasteiger partial charge on any atom is -0.303 e. The zero-order valence-electron chi connectivity index (χ0n) is 11.3. The number of nitriles is 1. The van der Waals surface area contributed by atoms with Gasteiger partial charge in [-0.25, -0.2) is 8.42 Å². The van der Waals surface area contributed by atoms with Gasteiger partial charge in [0.05, 0.1) is 17.6 Å². The summed E-state index contributed by atoms with van der Waals surface area (Å²) in [6.07, 6.45) is 2.82. The van der Waals surface area contributed by atoms with E-state index in [1.807, 2.05) is 6.92 Å². The van der Waals surface area contributed by atoms with Crippen LogP contribution in [-0.4, -0.2) is 57.0 Å². The van der Waals surface area contributed by atoms with Gasteiger partial charge < -0.3 is 10.2 Å². The molecule has 1 heterocycles. The molecule has 1 aliphatic rings. The Hall–Kier alpha value is -0.640. The summed E-state index contributed by atoms with van der Waals surface area (Å²) >= 11 is 0. The summed E-state index contributed by atoms with van der Waals surface area (Å²) in [7, 11) is -0.968. The second kappa shape index (κ2) is 6.50. The number of nitrogens with one attached hydrogen (secondary N) is 1. The monoisotopic (exact) mass is 273 g/mol. The van der Waals surface area contributed by atoms with Crippen molar-refractivity contribution in [2.75, 3.05) is 38.2 Å².